The number of nitrogens with one attached hydrogen (secondary N) is 2. The fraction of sp³-hybridized carbons (Fsp3) is 0.278. The summed E-state index contributed by atoms with van der Waals surface area (Å²) in [5.41, 5.74) is 2.34. The normalized spacial score (nSPS) is 10.5. The van der Waals surface area contributed by atoms with Crippen LogP contribution in [-0.2, 0) is 0 Å². The van der Waals surface area contributed by atoms with Gasteiger partial charge in [-0.15, -0.1) is 0 Å². The zero-order chi connectivity index (χ0) is 17.5. The van der Waals surface area contributed by atoms with Crippen molar-refractivity contribution >= 4 is 17.5 Å². The Bertz CT molecular complexity index is 728. The highest BCUT2D eigenvalue weighted by atomic mass is 16.2. The minimum atomic E-state index is -0.289. The molecule has 0 aliphatic heterocycles. The molecule has 0 fully saturated rings. The number of benzene rings is 1. The van der Waals surface area contributed by atoms with Crippen LogP contribution in [0.25, 0.3) is 0 Å². The Hall–Kier alpha value is -2.73. The first-order valence-electron chi connectivity index (χ1n) is 7.73. The van der Waals surface area contributed by atoms with E-state index in [-0.39, 0.29) is 17.5 Å². The first-order chi connectivity index (χ1) is 11.5. The number of aromatic nitrogens is 1. The molecule has 0 radical (unpaired) electrons. The van der Waals surface area contributed by atoms with Crippen molar-refractivity contribution in [1.29, 1.82) is 0 Å². The summed E-state index contributed by atoms with van der Waals surface area (Å²) < 4.78 is 0. The molecular weight excluding hydrogens is 304 g/mol. The number of para-hydroxylation sites is 1. The van der Waals surface area contributed by atoms with Gasteiger partial charge in [-0.3, -0.25) is 14.6 Å². The molecule has 0 unspecified atom stereocenters. The van der Waals surface area contributed by atoms with E-state index in [1.807, 2.05) is 50.2 Å². The standard InChI is InChI=1S/C18H22N4O2/c1-13-6-4-5-7-15(13)21-17(23)14-8-9-19-16(12-14)18(24)20-10-11-22(2)3/h4-9,12H,10-11H2,1-3H3,(H,20,24)(H,21,23). The third-order valence-electron chi connectivity index (χ3n) is 3.49. The van der Waals surface area contributed by atoms with Gasteiger partial charge in [0, 0.05) is 30.5 Å². The van der Waals surface area contributed by atoms with Gasteiger partial charge in [0.15, 0.2) is 0 Å². The molecule has 0 aliphatic carbocycles. The van der Waals surface area contributed by atoms with E-state index in [2.05, 4.69) is 15.6 Å². The molecule has 0 bridgehead atoms. The molecule has 1 aromatic heterocycles. The Morgan fingerprint density at radius 1 is 1.12 bits per heavy atom. The summed E-state index contributed by atoms with van der Waals surface area (Å²) in [6.45, 7) is 3.18. The first-order valence-corrected chi connectivity index (χ1v) is 7.73. The molecule has 2 N–H and O–H groups in total. The van der Waals surface area contributed by atoms with Crippen molar-refractivity contribution in [2.24, 2.45) is 0 Å². The van der Waals surface area contributed by atoms with Gasteiger partial charge in [0.05, 0.1) is 0 Å². The Morgan fingerprint density at radius 3 is 2.58 bits per heavy atom. The molecule has 0 saturated heterocycles. The third kappa shape index (κ3) is 4.89. The lowest BCUT2D eigenvalue weighted by Crippen LogP contribution is -2.32. The molecule has 0 aliphatic rings. The number of pyridine rings is 1. The zero-order valence-corrected chi connectivity index (χ0v) is 14.2. The summed E-state index contributed by atoms with van der Waals surface area (Å²) in [6.07, 6.45) is 1.47. The van der Waals surface area contributed by atoms with E-state index in [0.717, 1.165) is 17.8 Å². The average molecular weight is 326 g/mol. The summed E-state index contributed by atoms with van der Waals surface area (Å²) in [7, 11) is 3.86. The molecule has 0 spiro atoms. The van der Waals surface area contributed by atoms with E-state index in [1.54, 1.807) is 6.07 Å². The van der Waals surface area contributed by atoms with Crippen LogP contribution in [0.3, 0.4) is 0 Å². The smallest absolute Gasteiger partial charge is 0.269 e. The van der Waals surface area contributed by atoms with Gasteiger partial charge in [0.25, 0.3) is 11.8 Å². The Kier molecular flexibility index (Phi) is 6.03. The SMILES string of the molecule is Cc1ccccc1NC(=O)c1ccnc(C(=O)NCCN(C)C)c1. The number of hydrogen-bond donors (Lipinski definition) is 2. The number of carbonyl (C=O) groups excluding carboxylic acids is 2. The molecule has 6 nitrogen and oxygen atoms in total. The van der Waals surface area contributed by atoms with Gasteiger partial charge in [-0.2, -0.15) is 0 Å². The minimum absolute atomic E-state index is 0.228. The maximum Gasteiger partial charge on any atom is 0.269 e. The highest BCUT2D eigenvalue weighted by molar-refractivity contribution is 6.06. The number of rotatable bonds is 6. The molecular formula is C18H22N4O2. The maximum absolute atomic E-state index is 12.4. The van der Waals surface area contributed by atoms with Gasteiger partial charge in [-0.1, -0.05) is 18.2 Å². The second kappa shape index (κ2) is 8.21. The molecule has 126 valence electrons. The molecule has 2 amide bonds. The van der Waals surface area contributed by atoms with Crippen molar-refractivity contribution in [3.8, 4) is 0 Å². The molecule has 2 aromatic rings. The van der Waals surface area contributed by atoms with Crippen LogP contribution in [0, 0.1) is 6.92 Å². The van der Waals surface area contributed by atoms with Crippen LogP contribution in [0.5, 0.6) is 0 Å². The number of hydrogen-bond acceptors (Lipinski definition) is 4. The van der Waals surface area contributed by atoms with Crippen molar-refractivity contribution < 1.29 is 9.59 Å². The summed E-state index contributed by atoms with van der Waals surface area (Å²) in [5, 5.41) is 5.63. The topological polar surface area (TPSA) is 74.3 Å². The van der Waals surface area contributed by atoms with E-state index in [1.165, 1.54) is 12.3 Å². The van der Waals surface area contributed by atoms with Crippen molar-refractivity contribution in [1.82, 2.24) is 15.2 Å². The van der Waals surface area contributed by atoms with Crippen LogP contribution in [0.15, 0.2) is 42.6 Å². The van der Waals surface area contributed by atoms with E-state index in [0.29, 0.717) is 12.1 Å². The second-order valence-electron chi connectivity index (χ2n) is 5.76. The number of carbonyl (C=O) groups is 2. The lowest BCUT2D eigenvalue weighted by atomic mass is 10.1. The lowest BCUT2D eigenvalue weighted by Gasteiger charge is -2.11. The highest BCUT2D eigenvalue weighted by Gasteiger charge is 2.12. The number of likely N-dealkylation sites (N-methyl/N-ethyl adjacent to an activating group) is 1. The monoisotopic (exact) mass is 326 g/mol. The number of aryl methyl sites for hydroxylation is 1. The van der Waals surface area contributed by atoms with Crippen molar-refractivity contribution in [3.63, 3.8) is 0 Å². The number of anilines is 1. The quantitative estimate of drug-likeness (QED) is 0.851. The Balaban J connectivity index is 2.05. The first kappa shape index (κ1) is 17.6. The minimum Gasteiger partial charge on any atom is -0.349 e. The fourth-order valence-corrected chi connectivity index (χ4v) is 2.09. The second-order valence-corrected chi connectivity index (χ2v) is 5.76. The third-order valence-corrected chi connectivity index (χ3v) is 3.49. The predicted octanol–water partition coefficient (Wildman–Crippen LogP) is 1.93. The lowest BCUT2D eigenvalue weighted by molar-refractivity contribution is 0.0946. The predicted molar refractivity (Wildman–Crippen MR) is 94.3 cm³/mol. The number of nitrogens with zero attached hydrogens (tertiary/aromatic N) is 2. The number of amides is 2. The van der Waals surface area contributed by atoms with Crippen LogP contribution in [0.4, 0.5) is 5.69 Å². The van der Waals surface area contributed by atoms with Crippen LogP contribution in [-0.4, -0.2) is 48.9 Å². The largest absolute Gasteiger partial charge is 0.349 e. The van der Waals surface area contributed by atoms with Crippen molar-refractivity contribution in [3.05, 3.63) is 59.4 Å². The van der Waals surface area contributed by atoms with Crippen LogP contribution >= 0.6 is 0 Å². The Labute approximate surface area is 141 Å². The summed E-state index contributed by atoms with van der Waals surface area (Å²) >= 11 is 0. The van der Waals surface area contributed by atoms with Gasteiger partial charge in [0.2, 0.25) is 0 Å². The Morgan fingerprint density at radius 2 is 1.88 bits per heavy atom. The van der Waals surface area contributed by atoms with E-state index in [9.17, 15) is 9.59 Å². The van der Waals surface area contributed by atoms with Crippen molar-refractivity contribution in [2.75, 3.05) is 32.5 Å². The fourth-order valence-electron chi connectivity index (χ4n) is 2.09. The molecule has 6 heteroatoms. The molecule has 2 rings (SSSR count). The van der Waals surface area contributed by atoms with E-state index >= 15 is 0 Å². The van der Waals surface area contributed by atoms with E-state index in [4.69, 9.17) is 0 Å². The highest BCUT2D eigenvalue weighted by Crippen LogP contribution is 2.14. The van der Waals surface area contributed by atoms with Crippen LogP contribution in [0.2, 0.25) is 0 Å². The van der Waals surface area contributed by atoms with Gasteiger partial charge in [-0.25, -0.2) is 0 Å². The molecule has 1 heterocycles. The van der Waals surface area contributed by atoms with Gasteiger partial charge in [-0.05, 0) is 44.8 Å². The molecule has 24 heavy (non-hydrogen) atoms. The van der Waals surface area contributed by atoms with Gasteiger partial charge < -0.3 is 15.5 Å². The van der Waals surface area contributed by atoms with Gasteiger partial charge >= 0.3 is 0 Å². The molecule has 1 aromatic carbocycles. The zero-order valence-electron chi connectivity index (χ0n) is 14.2. The van der Waals surface area contributed by atoms with Crippen molar-refractivity contribution in [2.45, 2.75) is 6.92 Å². The molecule has 0 saturated carbocycles. The summed E-state index contributed by atoms with van der Waals surface area (Å²) in [4.78, 5) is 30.5. The van der Waals surface area contributed by atoms with Crippen LogP contribution < -0.4 is 10.6 Å². The van der Waals surface area contributed by atoms with Gasteiger partial charge in [0.1, 0.15) is 5.69 Å². The molecule has 0 atom stereocenters. The summed E-state index contributed by atoms with van der Waals surface area (Å²) in [5.74, 6) is -0.559. The average Bonchev–Trinajstić information content (AvgIpc) is 2.56. The summed E-state index contributed by atoms with van der Waals surface area (Å²) in [6, 6.07) is 10.6. The van der Waals surface area contributed by atoms with E-state index < -0.39 is 0 Å². The maximum atomic E-state index is 12.4. The van der Waals surface area contributed by atoms with Crippen LogP contribution in [0.1, 0.15) is 26.4 Å².